The van der Waals surface area contributed by atoms with Gasteiger partial charge in [0.1, 0.15) is 17.3 Å². The molecule has 0 aliphatic carbocycles. The number of primary amides is 1. The molecule has 0 aliphatic heterocycles. The summed E-state index contributed by atoms with van der Waals surface area (Å²) >= 11 is 0. The van der Waals surface area contributed by atoms with Crippen molar-refractivity contribution >= 4 is 11.9 Å². The molecule has 0 bridgehead atoms. The zero-order valence-electron chi connectivity index (χ0n) is 14.8. The second-order valence-corrected chi connectivity index (χ2v) is 6.21. The van der Waals surface area contributed by atoms with Crippen LogP contribution in [0.4, 0.5) is 0 Å². The van der Waals surface area contributed by atoms with Crippen LogP contribution in [0.5, 0.6) is 5.75 Å². The maximum atomic E-state index is 11.9. The molecule has 0 radical (unpaired) electrons. The summed E-state index contributed by atoms with van der Waals surface area (Å²) in [6.07, 6.45) is -0.284. The molecule has 3 rings (SSSR count). The minimum absolute atomic E-state index is 0.0415. The summed E-state index contributed by atoms with van der Waals surface area (Å²) in [5.41, 5.74) is 5.04. The highest BCUT2D eigenvalue weighted by Crippen LogP contribution is 2.36. The fraction of sp³-hybridized carbons (Fsp3) is 0.150. The van der Waals surface area contributed by atoms with Gasteiger partial charge in [-0.3, -0.25) is 9.59 Å². The standard InChI is InChI=1S/C20H17NO7/c1-10-8-14(22)18(24)19(27-10)13(9-17(21)23)16-7-6-15(28-16)11-4-2-3-5-12(11)20(25)26/h2-8,13,24H,9H2,1H3,(H2,21,23)(H,25,26). The van der Waals surface area contributed by atoms with Gasteiger partial charge >= 0.3 is 5.97 Å². The van der Waals surface area contributed by atoms with Crippen LogP contribution in [0.3, 0.4) is 0 Å². The van der Waals surface area contributed by atoms with Crippen molar-refractivity contribution in [1.82, 2.24) is 0 Å². The van der Waals surface area contributed by atoms with Crippen molar-refractivity contribution < 1.29 is 28.6 Å². The minimum atomic E-state index is -1.12. The highest BCUT2D eigenvalue weighted by atomic mass is 16.4. The zero-order valence-corrected chi connectivity index (χ0v) is 14.8. The van der Waals surface area contributed by atoms with E-state index in [-0.39, 0.29) is 35.0 Å². The van der Waals surface area contributed by atoms with E-state index in [1.165, 1.54) is 25.1 Å². The van der Waals surface area contributed by atoms with Crippen molar-refractivity contribution in [3.05, 3.63) is 75.5 Å². The molecule has 8 nitrogen and oxygen atoms in total. The SMILES string of the molecule is Cc1cc(=O)c(O)c(C(CC(N)=O)c2ccc(-c3ccccc3C(=O)O)o2)o1. The van der Waals surface area contributed by atoms with Gasteiger partial charge < -0.3 is 24.8 Å². The van der Waals surface area contributed by atoms with Gasteiger partial charge in [0.15, 0.2) is 5.76 Å². The van der Waals surface area contributed by atoms with E-state index in [1.54, 1.807) is 18.2 Å². The molecule has 28 heavy (non-hydrogen) atoms. The Hall–Kier alpha value is -3.81. The van der Waals surface area contributed by atoms with E-state index in [2.05, 4.69) is 0 Å². The molecule has 0 spiro atoms. The molecule has 8 heteroatoms. The van der Waals surface area contributed by atoms with E-state index < -0.39 is 29.0 Å². The molecule has 0 aliphatic rings. The van der Waals surface area contributed by atoms with Gasteiger partial charge in [-0.2, -0.15) is 0 Å². The van der Waals surface area contributed by atoms with Gasteiger partial charge in [0.2, 0.25) is 17.1 Å². The van der Waals surface area contributed by atoms with E-state index in [0.717, 1.165) is 6.07 Å². The van der Waals surface area contributed by atoms with Crippen LogP contribution in [0.2, 0.25) is 0 Å². The summed E-state index contributed by atoms with van der Waals surface area (Å²) < 4.78 is 11.2. The highest BCUT2D eigenvalue weighted by Gasteiger charge is 2.28. The Morgan fingerprint density at radius 1 is 1.14 bits per heavy atom. The third kappa shape index (κ3) is 3.66. The number of aryl methyl sites for hydroxylation is 1. The van der Waals surface area contributed by atoms with Crippen LogP contribution in [0.25, 0.3) is 11.3 Å². The Morgan fingerprint density at radius 2 is 1.86 bits per heavy atom. The van der Waals surface area contributed by atoms with Gasteiger partial charge in [0, 0.05) is 18.1 Å². The Balaban J connectivity index is 2.11. The molecule has 4 N–H and O–H groups in total. The lowest BCUT2D eigenvalue weighted by molar-refractivity contribution is -0.118. The predicted octanol–water partition coefficient (Wildman–Crippen LogP) is 2.62. The molecule has 2 aromatic heterocycles. The van der Waals surface area contributed by atoms with Gasteiger partial charge in [-0.1, -0.05) is 18.2 Å². The number of hydrogen-bond donors (Lipinski definition) is 3. The molecule has 1 aromatic carbocycles. The first-order valence-corrected chi connectivity index (χ1v) is 8.32. The van der Waals surface area contributed by atoms with Crippen LogP contribution < -0.4 is 11.2 Å². The van der Waals surface area contributed by atoms with Crippen molar-refractivity contribution in [3.8, 4) is 17.1 Å². The van der Waals surface area contributed by atoms with E-state index >= 15 is 0 Å². The number of carboxylic acids is 1. The average Bonchev–Trinajstić information content (AvgIpc) is 3.12. The molecule has 1 atom stereocenters. The molecule has 0 fully saturated rings. The average molecular weight is 383 g/mol. The van der Waals surface area contributed by atoms with Crippen LogP contribution >= 0.6 is 0 Å². The lowest BCUT2D eigenvalue weighted by atomic mass is 9.97. The predicted molar refractivity (Wildman–Crippen MR) is 98.1 cm³/mol. The third-order valence-electron chi connectivity index (χ3n) is 4.19. The summed E-state index contributed by atoms with van der Waals surface area (Å²) in [6, 6.07) is 10.4. The van der Waals surface area contributed by atoms with Crippen LogP contribution in [0.1, 0.15) is 40.0 Å². The van der Waals surface area contributed by atoms with Crippen molar-refractivity contribution in [2.45, 2.75) is 19.3 Å². The fourth-order valence-corrected chi connectivity index (χ4v) is 2.95. The topological polar surface area (TPSA) is 144 Å². The van der Waals surface area contributed by atoms with Gasteiger partial charge in [0.05, 0.1) is 11.5 Å². The summed E-state index contributed by atoms with van der Waals surface area (Å²) in [5, 5.41) is 19.5. The number of amides is 1. The maximum Gasteiger partial charge on any atom is 0.336 e. The lowest BCUT2D eigenvalue weighted by Crippen LogP contribution is -2.17. The molecular weight excluding hydrogens is 366 g/mol. The van der Waals surface area contributed by atoms with Gasteiger partial charge in [-0.05, 0) is 25.1 Å². The first-order chi connectivity index (χ1) is 13.3. The Kier molecular flexibility index (Phi) is 5.04. The zero-order chi connectivity index (χ0) is 20.4. The second kappa shape index (κ2) is 7.43. The van der Waals surface area contributed by atoms with Crippen LogP contribution in [0.15, 0.2) is 56.1 Å². The van der Waals surface area contributed by atoms with Crippen LogP contribution in [-0.2, 0) is 4.79 Å². The lowest BCUT2D eigenvalue weighted by Gasteiger charge is -2.14. The summed E-state index contributed by atoms with van der Waals surface area (Å²) in [4.78, 5) is 34.9. The number of benzene rings is 1. The largest absolute Gasteiger partial charge is 0.502 e. The van der Waals surface area contributed by atoms with Crippen molar-refractivity contribution in [1.29, 1.82) is 0 Å². The van der Waals surface area contributed by atoms with Gasteiger partial charge in [-0.15, -0.1) is 0 Å². The molecule has 3 aromatic rings. The number of carbonyl (C=O) groups is 2. The minimum Gasteiger partial charge on any atom is -0.502 e. The number of hydrogen-bond acceptors (Lipinski definition) is 6. The number of rotatable bonds is 6. The normalized spacial score (nSPS) is 11.9. The van der Waals surface area contributed by atoms with Gasteiger partial charge in [-0.25, -0.2) is 4.79 Å². The fourth-order valence-electron chi connectivity index (χ4n) is 2.95. The molecule has 0 saturated carbocycles. The Bertz CT molecular complexity index is 1110. The third-order valence-corrected chi connectivity index (χ3v) is 4.19. The summed E-state index contributed by atoms with van der Waals surface area (Å²) in [7, 11) is 0. The number of furan rings is 1. The van der Waals surface area contributed by atoms with Crippen LogP contribution in [-0.4, -0.2) is 22.1 Å². The van der Waals surface area contributed by atoms with E-state index in [0.29, 0.717) is 5.56 Å². The summed E-state index contributed by atoms with van der Waals surface area (Å²) in [6.45, 7) is 1.53. The molecule has 1 amide bonds. The first kappa shape index (κ1) is 19.0. The Morgan fingerprint density at radius 3 is 2.54 bits per heavy atom. The molecule has 1 unspecified atom stereocenters. The van der Waals surface area contributed by atoms with Gasteiger partial charge in [0.25, 0.3) is 0 Å². The first-order valence-electron chi connectivity index (χ1n) is 8.32. The monoisotopic (exact) mass is 383 g/mol. The molecule has 2 heterocycles. The maximum absolute atomic E-state index is 11.9. The van der Waals surface area contributed by atoms with Crippen molar-refractivity contribution in [2.24, 2.45) is 5.73 Å². The number of carboxylic acid groups (broad SMARTS) is 1. The highest BCUT2D eigenvalue weighted by molar-refractivity contribution is 5.95. The van der Waals surface area contributed by atoms with Crippen molar-refractivity contribution in [3.63, 3.8) is 0 Å². The smallest absolute Gasteiger partial charge is 0.336 e. The summed E-state index contributed by atoms with van der Waals surface area (Å²) in [5.74, 6) is -2.86. The quantitative estimate of drug-likeness (QED) is 0.593. The molecular formula is C20H17NO7. The second-order valence-electron chi connectivity index (χ2n) is 6.21. The number of aromatic hydroxyl groups is 1. The molecule has 0 saturated heterocycles. The Labute approximate surface area is 158 Å². The number of nitrogens with two attached hydrogens (primary N) is 1. The van der Waals surface area contributed by atoms with E-state index in [4.69, 9.17) is 14.6 Å². The van der Waals surface area contributed by atoms with Crippen LogP contribution in [0, 0.1) is 6.92 Å². The van der Waals surface area contributed by atoms with E-state index in [1.807, 2.05) is 0 Å². The number of carbonyl (C=O) groups excluding carboxylic acids is 1. The van der Waals surface area contributed by atoms with E-state index in [9.17, 15) is 24.6 Å². The number of aromatic carboxylic acids is 1. The molecule has 144 valence electrons. The van der Waals surface area contributed by atoms with Crippen molar-refractivity contribution in [2.75, 3.05) is 0 Å².